The predicted octanol–water partition coefficient (Wildman–Crippen LogP) is 2.27. The van der Waals surface area contributed by atoms with Crippen LogP contribution in [0.5, 0.6) is 0 Å². The number of carbonyl (C=O) groups is 1. The highest BCUT2D eigenvalue weighted by atomic mass is 35.5. The third-order valence-corrected chi connectivity index (χ3v) is 4.99. The van der Waals surface area contributed by atoms with Crippen molar-refractivity contribution in [2.45, 2.75) is 50.7 Å². The minimum Gasteiger partial charge on any atom is -0.480 e. The minimum absolute atomic E-state index is 0. The Bertz CT molecular complexity index is 623. The van der Waals surface area contributed by atoms with Crippen molar-refractivity contribution in [3.05, 3.63) is 23.4 Å². The van der Waals surface area contributed by atoms with Crippen molar-refractivity contribution in [1.82, 2.24) is 9.88 Å². The zero-order chi connectivity index (χ0) is 20.4. The first-order valence-corrected chi connectivity index (χ1v) is 10.1. The molecule has 0 saturated carbocycles. The highest BCUT2D eigenvalue weighted by Crippen LogP contribution is 2.20. The molecule has 4 N–H and O–H groups in total. The molecule has 1 aromatic rings. The maximum Gasteiger partial charge on any atom is 0.320 e. The van der Waals surface area contributed by atoms with Crippen molar-refractivity contribution in [2.24, 2.45) is 5.73 Å². The van der Waals surface area contributed by atoms with Gasteiger partial charge >= 0.3 is 5.97 Å². The number of ether oxygens (including phenoxy) is 1. The maximum absolute atomic E-state index is 13.9. The third-order valence-electron chi connectivity index (χ3n) is 4.99. The van der Waals surface area contributed by atoms with Gasteiger partial charge in [-0.15, -0.1) is 12.4 Å². The van der Waals surface area contributed by atoms with Crippen molar-refractivity contribution in [2.75, 3.05) is 45.2 Å². The van der Waals surface area contributed by atoms with Crippen molar-refractivity contribution in [3.63, 3.8) is 0 Å². The Labute approximate surface area is 178 Å². The second-order valence-electron chi connectivity index (χ2n) is 7.38. The number of carboxylic acids is 1. The summed E-state index contributed by atoms with van der Waals surface area (Å²) in [5.41, 5.74) is 7.93. The van der Waals surface area contributed by atoms with Crippen LogP contribution in [0.15, 0.2) is 12.1 Å². The van der Waals surface area contributed by atoms with E-state index in [-0.39, 0.29) is 25.6 Å². The summed E-state index contributed by atoms with van der Waals surface area (Å²) in [5.74, 6) is -0.0198. The lowest BCUT2D eigenvalue weighted by atomic mass is 10.1. The van der Waals surface area contributed by atoms with Crippen LogP contribution >= 0.6 is 12.4 Å². The number of rotatable bonds is 13. The number of carboxylic acid groups (broad SMARTS) is 1. The van der Waals surface area contributed by atoms with Crippen LogP contribution in [0.4, 0.5) is 10.2 Å². The Morgan fingerprint density at radius 3 is 2.93 bits per heavy atom. The summed E-state index contributed by atoms with van der Waals surface area (Å²) in [6.07, 6.45) is 4.12. The number of aliphatic carboxylic acids is 1. The average Bonchev–Trinajstić information content (AvgIpc) is 2.68. The Hall–Kier alpha value is -1.48. The van der Waals surface area contributed by atoms with Gasteiger partial charge in [0.2, 0.25) is 0 Å². The Balaban J connectivity index is 0.00000420. The smallest absolute Gasteiger partial charge is 0.320 e. The Morgan fingerprint density at radius 2 is 2.21 bits per heavy atom. The number of pyridine rings is 1. The molecule has 7 nitrogen and oxygen atoms in total. The van der Waals surface area contributed by atoms with Crippen molar-refractivity contribution >= 4 is 24.2 Å². The Kier molecular flexibility index (Phi) is 12.1. The molecule has 2 rings (SSSR count). The number of anilines is 1. The van der Waals surface area contributed by atoms with E-state index in [1.54, 1.807) is 0 Å². The molecule has 166 valence electrons. The van der Waals surface area contributed by atoms with Gasteiger partial charge in [-0.2, -0.15) is 0 Å². The van der Waals surface area contributed by atoms with E-state index >= 15 is 0 Å². The van der Waals surface area contributed by atoms with Crippen LogP contribution in [0.1, 0.15) is 36.9 Å². The topological polar surface area (TPSA) is 101 Å². The van der Waals surface area contributed by atoms with Crippen LogP contribution < -0.4 is 11.1 Å². The van der Waals surface area contributed by atoms with Crippen molar-refractivity contribution in [1.29, 1.82) is 0 Å². The molecule has 2 heterocycles. The minimum atomic E-state index is -1.10. The molecule has 0 bridgehead atoms. The summed E-state index contributed by atoms with van der Waals surface area (Å²) in [6, 6.07) is 3.32. The number of aryl methyl sites for hydroxylation is 2. The van der Waals surface area contributed by atoms with Crippen molar-refractivity contribution in [3.8, 4) is 0 Å². The van der Waals surface area contributed by atoms with Gasteiger partial charge in [-0.05, 0) is 56.7 Å². The molecular weight excluding hydrogens is 399 g/mol. The molecule has 0 aliphatic carbocycles. The van der Waals surface area contributed by atoms with Gasteiger partial charge in [-0.1, -0.05) is 6.07 Å². The van der Waals surface area contributed by atoms with Crippen LogP contribution in [-0.4, -0.2) is 73.1 Å². The highest BCUT2D eigenvalue weighted by molar-refractivity contribution is 5.85. The summed E-state index contributed by atoms with van der Waals surface area (Å²) in [5, 5.41) is 12.3. The number of fused-ring (bicyclic) bond motifs is 1. The fraction of sp³-hybridized carbons (Fsp3) is 0.700. The van der Waals surface area contributed by atoms with Crippen LogP contribution in [0, 0.1) is 0 Å². The number of aromatic nitrogens is 1. The van der Waals surface area contributed by atoms with E-state index in [2.05, 4.69) is 17.4 Å². The first-order valence-electron chi connectivity index (χ1n) is 10.1. The normalized spacial score (nSPS) is 15.2. The molecule has 29 heavy (non-hydrogen) atoms. The van der Waals surface area contributed by atoms with E-state index in [0.29, 0.717) is 19.5 Å². The van der Waals surface area contributed by atoms with Crippen LogP contribution in [0.3, 0.4) is 0 Å². The van der Waals surface area contributed by atoms with E-state index < -0.39 is 18.2 Å². The zero-order valence-electron chi connectivity index (χ0n) is 17.1. The summed E-state index contributed by atoms with van der Waals surface area (Å²) in [4.78, 5) is 17.5. The summed E-state index contributed by atoms with van der Waals surface area (Å²) in [7, 11) is 1.47. The zero-order valence-corrected chi connectivity index (χ0v) is 17.9. The second-order valence-corrected chi connectivity index (χ2v) is 7.38. The number of hydrogen-bond acceptors (Lipinski definition) is 6. The first kappa shape index (κ1) is 25.6. The van der Waals surface area contributed by atoms with Gasteiger partial charge in [-0.3, -0.25) is 4.79 Å². The van der Waals surface area contributed by atoms with E-state index in [1.165, 1.54) is 12.7 Å². The monoisotopic (exact) mass is 432 g/mol. The number of unbranched alkanes of at least 4 members (excludes halogenated alkanes) is 1. The average molecular weight is 433 g/mol. The molecular formula is C20H34ClFN4O3. The third kappa shape index (κ3) is 9.25. The van der Waals surface area contributed by atoms with E-state index in [0.717, 1.165) is 50.2 Å². The molecule has 2 unspecified atom stereocenters. The second kappa shape index (κ2) is 13.7. The molecule has 0 saturated heterocycles. The number of halogens is 2. The molecule has 2 atom stereocenters. The van der Waals surface area contributed by atoms with E-state index in [1.807, 2.05) is 4.90 Å². The van der Waals surface area contributed by atoms with Gasteiger partial charge in [0.25, 0.3) is 0 Å². The molecule has 1 aliphatic heterocycles. The molecule has 1 aromatic heterocycles. The maximum atomic E-state index is 13.9. The van der Waals surface area contributed by atoms with Crippen LogP contribution in [0.25, 0.3) is 0 Å². The van der Waals surface area contributed by atoms with Gasteiger partial charge in [0, 0.05) is 32.4 Å². The lowest BCUT2D eigenvalue weighted by Crippen LogP contribution is -2.39. The van der Waals surface area contributed by atoms with Gasteiger partial charge in [-0.25, -0.2) is 9.37 Å². The van der Waals surface area contributed by atoms with E-state index in [4.69, 9.17) is 20.6 Å². The van der Waals surface area contributed by atoms with E-state index in [9.17, 15) is 9.18 Å². The number of nitrogens with one attached hydrogen (secondary N) is 1. The fourth-order valence-corrected chi connectivity index (χ4v) is 3.40. The number of nitrogens with two attached hydrogens (primary N) is 1. The summed E-state index contributed by atoms with van der Waals surface area (Å²) in [6.45, 7) is 2.38. The Morgan fingerprint density at radius 1 is 1.41 bits per heavy atom. The molecule has 0 spiro atoms. The molecule has 0 amide bonds. The summed E-state index contributed by atoms with van der Waals surface area (Å²) >= 11 is 0. The fourth-order valence-electron chi connectivity index (χ4n) is 3.40. The molecule has 9 heteroatoms. The number of nitrogens with zero attached hydrogens (tertiary/aromatic N) is 2. The molecule has 0 fully saturated rings. The number of alkyl halides is 1. The highest BCUT2D eigenvalue weighted by Gasteiger charge is 2.17. The first-order chi connectivity index (χ1) is 13.5. The number of hydrogen-bond donors (Lipinski definition) is 3. The van der Waals surface area contributed by atoms with Gasteiger partial charge in [0.15, 0.2) is 0 Å². The van der Waals surface area contributed by atoms with Gasteiger partial charge in [0.05, 0.1) is 6.61 Å². The SMILES string of the molecule is COCC(F)CN(CCCCc1ccc2c(n1)NCCC2)CCC(N)C(=O)O.Cl. The lowest BCUT2D eigenvalue weighted by Gasteiger charge is -2.24. The van der Waals surface area contributed by atoms with Gasteiger partial charge < -0.3 is 25.8 Å². The molecule has 0 radical (unpaired) electrons. The van der Waals surface area contributed by atoms with Crippen LogP contribution in [0.2, 0.25) is 0 Å². The van der Waals surface area contributed by atoms with Crippen LogP contribution in [-0.2, 0) is 22.4 Å². The number of methoxy groups -OCH3 is 1. The summed E-state index contributed by atoms with van der Waals surface area (Å²) < 4.78 is 18.8. The molecule has 1 aliphatic rings. The molecule has 0 aromatic carbocycles. The standard InChI is InChI=1S/C20H33FN4O3.ClH/c1-28-14-16(21)13-25(12-9-18(22)20(26)27)11-3-2-6-17-8-7-15-5-4-10-23-19(15)24-17;/h7-8,16,18H,2-6,9-14,22H2,1H3,(H,23,24)(H,26,27);1H. The quantitative estimate of drug-likeness (QED) is 0.411. The largest absolute Gasteiger partial charge is 0.480 e. The van der Waals surface area contributed by atoms with Crippen molar-refractivity contribution < 1.29 is 19.0 Å². The van der Waals surface area contributed by atoms with Gasteiger partial charge in [0.1, 0.15) is 18.0 Å². The predicted molar refractivity (Wildman–Crippen MR) is 115 cm³/mol. The lowest BCUT2D eigenvalue weighted by molar-refractivity contribution is -0.138.